The lowest BCUT2D eigenvalue weighted by Gasteiger charge is -2.10. The van der Waals surface area contributed by atoms with Crippen molar-refractivity contribution in [3.05, 3.63) is 68.3 Å². The number of Topliss-reactive ketones (excluding diaryl/α,β-unsaturated/α-hetero) is 1. The number of nitrogens with one attached hydrogen (secondary N) is 1. The van der Waals surface area contributed by atoms with Crippen LogP contribution in [0.25, 0.3) is 10.2 Å². The van der Waals surface area contributed by atoms with Crippen molar-refractivity contribution < 1.29 is 9.78 Å². The lowest BCUT2D eigenvalue weighted by molar-refractivity contribution is -0.404. The van der Waals surface area contributed by atoms with Crippen molar-refractivity contribution in [1.29, 1.82) is 0 Å². The zero-order chi connectivity index (χ0) is 19.7. The third kappa shape index (κ3) is 3.92. The van der Waals surface area contributed by atoms with Gasteiger partial charge in [0.25, 0.3) is 0 Å². The minimum absolute atomic E-state index is 0.0503. The van der Waals surface area contributed by atoms with Crippen LogP contribution in [-0.2, 0) is 6.54 Å². The molecule has 140 valence electrons. The van der Waals surface area contributed by atoms with Crippen molar-refractivity contribution in [2.75, 3.05) is 5.75 Å². The Morgan fingerprint density at radius 1 is 1.22 bits per heavy atom. The van der Waals surface area contributed by atoms with Crippen LogP contribution in [0.15, 0.2) is 40.8 Å². The summed E-state index contributed by atoms with van der Waals surface area (Å²) in [5, 5.41) is 1.37. The first-order valence-corrected chi connectivity index (χ1v) is 10.5. The molecule has 0 atom stereocenters. The molecule has 3 rings (SSSR count). The van der Waals surface area contributed by atoms with E-state index in [-0.39, 0.29) is 17.1 Å². The van der Waals surface area contributed by atoms with Crippen LogP contribution in [0.3, 0.4) is 0 Å². The summed E-state index contributed by atoms with van der Waals surface area (Å²) in [6.45, 7) is 12.1. The number of hydrogen-bond donors (Lipinski definition) is 0. The third-order valence-corrected chi connectivity index (χ3v) is 6.37. The highest BCUT2D eigenvalue weighted by molar-refractivity contribution is 7.99. The van der Waals surface area contributed by atoms with Gasteiger partial charge in [0.15, 0.2) is 10.6 Å². The first-order chi connectivity index (χ1) is 12.8. The summed E-state index contributed by atoms with van der Waals surface area (Å²) in [6, 6.07) is 5.97. The summed E-state index contributed by atoms with van der Waals surface area (Å²) in [5.41, 5.74) is 3.87. The van der Waals surface area contributed by atoms with Gasteiger partial charge in [-0.05, 0) is 56.7 Å². The van der Waals surface area contributed by atoms with E-state index in [1.165, 1.54) is 11.8 Å². The van der Waals surface area contributed by atoms with Gasteiger partial charge in [0.05, 0.1) is 5.75 Å². The summed E-state index contributed by atoms with van der Waals surface area (Å²) in [7, 11) is 0. The summed E-state index contributed by atoms with van der Waals surface area (Å²) in [4.78, 5) is 30.9. The number of thioether (sulfide) groups is 1. The van der Waals surface area contributed by atoms with E-state index in [0.29, 0.717) is 17.1 Å². The summed E-state index contributed by atoms with van der Waals surface area (Å²) in [6.07, 6.45) is 1.69. The Balaban J connectivity index is 1.95. The number of aromatic amines is 1. The molecule has 0 amide bonds. The monoisotopic (exact) mass is 399 g/mol. The topological polar surface area (TPSA) is 53.2 Å². The number of carbonyl (C=O) groups excluding carboxylic acids is 1. The van der Waals surface area contributed by atoms with Gasteiger partial charge in [-0.15, -0.1) is 0 Å². The number of ketones is 1. The van der Waals surface area contributed by atoms with Crippen molar-refractivity contribution in [2.24, 2.45) is 0 Å². The van der Waals surface area contributed by atoms with E-state index in [1.807, 2.05) is 45.9 Å². The molecule has 1 aromatic carbocycles. The van der Waals surface area contributed by atoms with E-state index in [1.54, 1.807) is 22.0 Å². The number of nitrogens with zero attached hydrogens (tertiary/aromatic N) is 1. The average Bonchev–Trinajstić information content (AvgIpc) is 2.95. The molecule has 3 aromatic rings. The molecule has 0 unspecified atom stereocenters. The molecule has 2 heterocycles. The molecule has 0 saturated carbocycles. The molecule has 0 fully saturated rings. The quantitative estimate of drug-likeness (QED) is 0.269. The molecular weight excluding hydrogens is 376 g/mol. The van der Waals surface area contributed by atoms with Gasteiger partial charge in [-0.3, -0.25) is 4.79 Å². The van der Waals surface area contributed by atoms with E-state index in [9.17, 15) is 9.59 Å². The van der Waals surface area contributed by atoms with E-state index >= 15 is 0 Å². The predicted octanol–water partition coefficient (Wildman–Crippen LogP) is 4.27. The molecule has 4 nitrogen and oxygen atoms in total. The van der Waals surface area contributed by atoms with Gasteiger partial charge >= 0.3 is 10.7 Å². The van der Waals surface area contributed by atoms with Crippen molar-refractivity contribution in [3.63, 3.8) is 0 Å². The Bertz CT molecular complexity index is 1090. The highest BCUT2D eigenvalue weighted by atomic mass is 32.2. The zero-order valence-corrected chi connectivity index (χ0v) is 17.6. The van der Waals surface area contributed by atoms with E-state index in [0.717, 1.165) is 32.0 Å². The molecule has 2 aromatic heterocycles. The molecule has 1 N–H and O–H groups in total. The highest BCUT2D eigenvalue weighted by Gasteiger charge is 2.22. The van der Waals surface area contributed by atoms with Gasteiger partial charge in [0.1, 0.15) is 11.9 Å². The number of aromatic nitrogens is 2. The van der Waals surface area contributed by atoms with E-state index < -0.39 is 0 Å². The summed E-state index contributed by atoms with van der Waals surface area (Å²) >= 11 is 2.92. The fourth-order valence-electron chi connectivity index (χ4n) is 3.40. The molecule has 6 heteroatoms. The van der Waals surface area contributed by atoms with Crippen LogP contribution in [0, 0.1) is 27.7 Å². The van der Waals surface area contributed by atoms with Gasteiger partial charge < -0.3 is 0 Å². The summed E-state index contributed by atoms with van der Waals surface area (Å²) in [5.74, 6) is 0.344. The number of thiophene rings is 1. The number of aryl methyl sites for hydroxylation is 4. The van der Waals surface area contributed by atoms with Crippen molar-refractivity contribution in [2.45, 2.75) is 39.4 Å². The molecule has 0 aliphatic carbocycles. The van der Waals surface area contributed by atoms with Crippen LogP contribution in [0.5, 0.6) is 0 Å². The summed E-state index contributed by atoms with van der Waals surface area (Å²) < 4.78 is 1.65. The lowest BCUT2D eigenvalue weighted by atomic mass is 9.97. The van der Waals surface area contributed by atoms with Gasteiger partial charge in [-0.1, -0.05) is 41.7 Å². The molecular formula is C21H23N2O2S2+. The number of rotatable bonds is 6. The zero-order valence-electron chi connectivity index (χ0n) is 16.0. The molecule has 0 aliphatic rings. The predicted molar refractivity (Wildman–Crippen MR) is 113 cm³/mol. The van der Waals surface area contributed by atoms with Crippen LogP contribution in [0.1, 0.15) is 31.9 Å². The Hall–Kier alpha value is -2.18. The number of carbonyl (C=O) groups is 1. The Morgan fingerprint density at radius 2 is 1.89 bits per heavy atom. The van der Waals surface area contributed by atoms with Crippen LogP contribution in [-0.4, -0.2) is 16.1 Å². The van der Waals surface area contributed by atoms with E-state index in [2.05, 4.69) is 11.6 Å². The standard InChI is InChI=1S/C21H22N2O2S2/c1-6-7-23-20(25)16-10-15(5)27-19(16)22-21(23)26-11-17(24)18-13(3)8-12(2)9-14(18)4/h6,8-10H,1,7,11H2,2-5H3/p+1. The Morgan fingerprint density at radius 3 is 2.52 bits per heavy atom. The SMILES string of the molecule is C=CCn1c(SCC(=O)c2c(C)cc(C)cc2C)[nH+]c2sc(C)cc2c1=O. The molecule has 0 bridgehead atoms. The maximum atomic E-state index is 12.9. The maximum Gasteiger partial charge on any atom is 0.347 e. The first kappa shape index (κ1) is 19.6. The van der Waals surface area contributed by atoms with E-state index in [4.69, 9.17) is 0 Å². The van der Waals surface area contributed by atoms with Crippen molar-refractivity contribution >= 4 is 39.1 Å². The van der Waals surface area contributed by atoms with Crippen molar-refractivity contribution in [1.82, 2.24) is 4.57 Å². The molecule has 27 heavy (non-hydrogen) atoms. The third-order valence-electron chi connectivity index (χ3n) is 4.40. The Kier molecular flexibility index (Phi) is 5.67. The molecule has 0 saturated heterocycles. The first-order valence-electron chi connectivity index (χ1n) is 8.72. The second kappa shape index (κ2) is 7.82. The molecule has 0 radical (unpaired) electrons. The van der Waals surface area contributed by atoms with Gasteiger partial charge in [-0.2, -0.15) is 4.57 Å². The van der Waals surface area contributed by atoms with Crippen LogP contribution in [0.4, 0.5) is 0 Å². The lowest BCUT2D eigenvalue weighted by Crippen LogP contribution is -2.29. The number of allylic oxidation sites excluding steroid dienone is 1. The Labute approximate surface area is 167 Å². The number of hydrogen-bond acceptors (Lipinski definition) is 4. The second-order valence-electron chi connectivity index (χ2n) is 6.72. The maximum absolute atomic E-state index is 12.9. The minimum atomic E-state index is -0.0503. The van der Waals surface area contributed by atoms with Crippen LogP contribution in [0.2, 0.25) is 0 Å². The second-order valence-corrected chi connectivity index (χ2v) is 8.94. The largest absolute Gasteiger partial charge is 0.347 e. The number of H-pyrrole nitrogens is 1. The van der Waals surface area contributed by atoms with Crippen molar-refractivity contribution in [3.8, 4) is 0 Å². The van der Waals surface area contributed by atoms with Gasteiger partial charge in [0.2, 0.25) is 0 Å². The van der Waals surface area contributed by atoms with Crippen LogP contribution >= 0.6 is 23.1 Å². The molecule has 0 aliphatic heterocycles. The average molecular weight is 400 g/mol. The fraction of sp³-hybridized carbons (Fsp3) is 0.286. The number of fused-ring (bicyclic) bond motifs is 1. The van der Waals surface area contributed by atoms with Crippen LogP contribution < -0.4 is 10.5 Å². The molecule has 0 spiro atoms. The highest BCUT2D eigenvalue weighted by Crippen LogP contribution is 2.23. The van der Waals surface area contributed by atoms with Gasteiger partial charge in [-0.25, -0.2) is 9.78 Å². The normalized spacial score (nSPS) is 11.1. The smallest absolute Gasteiger partial charge is 0.293 e. The minimum Gasteiger partial charge on any atom is -0.293 e. The fourth-order valence-corrected chi connectivity index (χ4v) is 5.27. The van der Waals surface area contributed by atoms with Gasteiger partial charge in [0, 0.05) is 10.4 Å². The number of benzene rings is 1.